The third kappa shape index (κ3) is 5.83. The van der Waals surface area contributed by atoms with Crippen LogP contribution in [-0.4, -0.2) is 18.2 Å². The van der Waals surface area contributed by atoms with Crippen molar-refractivity contribution in [1.29, 1.82) is 0 Å². The summed E-state index contributed by atoms with van der Waals surface area (Å²) in [7, 11) is 0. The summed E-state index contributed by atoms with van der Waals surface area (Å²) in [6.45, 7) is 6.62. The number of hydrogen-bond donors (Lipinski definition) is 3. The molecule has 0 aromatic heterocycles. The molecule has 0 unspecified atom stereocenters. The monoisotopic (exact) mass is 354 g/mol. The van der Waals surface area contributed by atoms with E-state index in [0.717, 1.165) is 18.8 Å². The van der Waals surface area contributed by atoms with Crippen molar-refractivity contribution in [2.24, 2.45) is 0 Å². The Hall–Kier alpha value is -1.91. The maximum atomic E-state index is 5.39. The fraction of sp³-hybridized carbons (Fsp3) is 0.381. The van der Waals surface area contributed by atoms with Gasteiger partial charge in [0, 0.05) is 17.8 Å². The summed E-state index contributed by atoms with van der Waals surface area (Å²) in [6, 6.07) is 17.2. The van der Waals surface area contributed by atoms with E-state index in [1.165, 1.54) is 49.0 Å². The van der Waals surface area contributed by atoms with Gasteiger partial charge in [-0.25, -0.2) is 0 Å². The summed E-state index contributed by atoms with van der Waals surface area (Å²) in [6.07, 6.45) is 4.16. The zero-order valence-electron chi connectivity index (χ0n) is 15.0. The number of rotatable bonds is 5. The molecule has 1 aliphatic rings. The van der Waals surface area contributed by atoms with E-state index in [4.69, 9.17) is 12.2 Å². The normalized spacial score (nSPS) is 14.9. The molecule has 3 rings (SSSR count). The lowest BCUT2D eigenvalue weighted by molar-refractivity contribution is -0.918. The summed E-state index contributed by atoms with van der Waals surface area (Å²) in [5.41, 5.74) is 4.93. The first-order valence-electron chi connectivity index (χ1n) is 9.22. The molecule has 0 aliphatic carbocycles. The fourth-order valence-electron chi connectivity index (χ4n) is 3.37. The minimum Gasteiger partial charge on any atom is -0.358 e. The number of piperidine rings is 1. The fourth-order valence-corrected chi connectivity index (χ4v) is 3.56. The maximum Gasteiger partial charge on any atom is 0.171 e. The van der Waals surface area contributed by atoms with Gasteiger partial charge in [-0.15, -0.1) is 0 Å². The molecule has 1 fully saturated rings. The SMILES string of the molecule is Cc1cccc(NC(=S)NCc2ccc(C[NH+]3CCCCC3)cc2)c1. The van der Waals surface area contributed by atoms with Gasteiger partial charge >= 0.3 is 0 Å². The van der Waals surface area contributed by atoms with Crippen LogP contribution in [-0.2, 0) is 13.1 Å². The third-order valence-corrected chi connectivity index (χ3v) is 5.01. The Morgan fingerprint density at radius 1 is 1.00 bits per heavy atom. The average Bonchev–Trinajstić information content (AvgIpc) is 2.62. The molecule has 2 aromatic carbocycles. The summed E-state index contributed by atoms with van der Waals surface area (Å²) < 4.78 is 0. The van der Waals surface area contributed by atoms with E-state index in [9.17, 15) is 0 Å². The van der Waals surface area contributed by atoms with Crippen molar-refractivity contribution >= 4 is 23.0 Å². The van der Waals surface area contributed by atoms with Crippen molar-refractivity contribution in [3.05, 3.63) is 65.2 Å². The van der Waals surface area contributed by atoms with Crippen LogP contribution in [0.4, 0.5) is 5.69 Å². The Kier molecular flexibility index (Phi) is 6.42. The first kappa shape index (κ1) is 17.9. The van der Waals surface area contributed by atoms with Gasteiger partial charge in [-0.3, -0.25) is 0 Å². The zero-order chi connectivity index (χ0) is 17.5. The number of benzene rings is 2. The van der Waals surface area contributed by atoms with Gasteiger partial charge in [-0.2, -0.15) is 0 Å². The minimum atomic E-state index is 0.660. The second-order valence-electron chi connectivity index (χ2n) is 6.98. The van der Waals surface area contributed by atoms with Gasteiger partial charge < -0.3 is 15.5 Å². The number of anilines is 1. The van der Waals surface area contributed by atoms with Crippen LogP contribution in [0.1, 0.15) is 36.0 Å². The molecular formula is C21H28N3S+. The van der Waals surface area contributed by atoms with Gasteiger partial charge in [0.2, 0.25) is 0 Å². The molecular weight excluding hydrogens is 326 g/mol. The standard InChI is InChI=1S/C21H27N3S/c1-17-6-5-7-20(14-17)23-21(25)22-15-18-8-10-19(11-9-18)16-24-12-3-2-4-13-24/h5-11,14H,2-4,12-13,15-16H2,1H3,(H2,22,23,25)/p+1. The Balaban J connectivity index is 1.45. The molecule has 3 nitrogen and oxygen atoms in total. The Morgan fingerprint density at radius 3 is 2.44 bits per heavy atom. The molecule has 0 radical (unpaired) electrons. The molecule has 25 heavy (non-hydrogen) atoms. The van der Waals surface area contributed by atoms with Crippen LogP contribution >= 0.6 is 12.2 Å². The number of nitrogens with one attached hydrogen (secondary N) is 3. The number of hydrogen-bond acceptors (Lipinski definition) is 1. The topological polar surface area (TPSA) is 28.5 Å². The van der Waals surface area contributed by atoms with Crippen molar-refractivity contribution in [3.8, 4) is 0 Å². The predicted octanol–water partition coefficient (Wildman–Crippen LogP) is 3.05. The first-order valence-corrected chi connectivity index (χ1v) is 9.63. The van der Waals surface area contributed by atoms with Crippen molar-refractivity contribution in [3.63, 3.8) is 0 Å². The van der Waals surface area contributed by atoms with Gasteiger partial charge in [0.1, 0.15) is 6.54 Å². The Bertz CT molecular complexity index is 691. The van der Waals surface area contributed by atoms with Crippen LogP contribution in [0, 0.1) is 6.92 Å². The molecule has 3 N–H and O–H groups in total. The lowest BCUT2D eigenvalue weighted by atomic mass is 10.1. The largest absolute Gasteiger partial charge is 0.358 e. The molecule has 1 heterocycles. The van der Waals surface area contributed by atoms with Crippen molar-refractivity contribution in [1.82, 2.24) is 5.32 Å². The molecule has 132 valence electrons. The van der Waals surface area contributed by atoms with Crippen LogP contribution in [0.2, 0.25) is 0 Å². The van der Waals surface area contributed by atoms with Crippen molar-refractivity contribution in [2.75, 3.05) is 18.4 Å². The number of quaternary nitrogens is 1. The second-order valence-corrected chi connectivity index (χ2v) is 7.39. The molecule has 0 saturated carbocycles. The van der Waals surface area contributed by atoms with E-state index in [1.807, 2.05) is 12.1 Å². The smallest absolute Gasteiger partial charge is 0.171 e. The molecule has 1 aliphatic heterocycles. The highest BCUT2D eigenvalue weighted by Crippen LogP contribution is 2.09. The van der Waals surface area contributed by atoms with Crippen molar-refractivity contribution in [2.45, 2.75) is 39.3 Å². The maximum absolute atomic E-state index is 5.39. The molecule has 2 aromatic rings. The van der Waals surface area contributed by atoms with E-state index < -0.39 is 0 Å². The molecule has 0 spiro atoms. The van der Waals surface area contributed by atoms with Crippen LogP contribution in [0.3, 0.4) is 0 Å². The van der Waals surface area contributed by atoms with Crippen molar-refractivity contribution < 1.29 is 4.90 Å². The summed E-state index contributed by atoms with van der Waals surface area (Å²) in [5, 5.41) is 7.18. The number of likely N-dealkylation sites (tertiary alicyclic amines) is 1. The van der Waals surface area contributed by atoms with E-state index in [-0.39, 0.29) is 0 Å². The molecule has 0 bridgehead atoms. The number of aryl methyl sites for hydroxylation is 1. The van der Waals surface area contributed by atoms with Crippen LogP contribution in [0.15, 0.2) is 48.5 Å². The lowest BCUT2D eigenvalue weighted by Gasteiger charge is -2.23. The summed E-state index contributed by atoms with van der Waals surface area (Å²) in [4.78, 5) is 1.72. The van der Waals surface area contributed by atoms with E-state index in [1.54, 1.807) is 4.90 Å². The summed E-state index contributed by atoms with van der Waals surface area (Å²) in [5.74, 6) is 0. The Labute approximate surface area is 156 Å². The van der Waals surface area contributed by atoms with Crippen LogP contribution < -0.4 is 15.5 Å². The lowest BCUT2D eigenvalue weighted by Crippen LogP contribution is -3.11. The van der Waals surface area contributed by atoms with E-state index >= 15 is 0 Å². The highest BCUT2D eigenvalue weighted by molar-refractivity contribution is 7.80. The van der Waals surface area contributed by atoms with Crippen LogP contribution in [0.5, 0.6) is 0 Å². The minimum absolute atomic E-state index is 0.660. The quantitative estimate of drug-likeness (QED) is 0.721. The molecule has 1 saturated heterocycles. The number of thiocarbonyl (C=S) groups is 1. The predicted molar refractivity (Wildman–Crippen MR) is 109 cm³/mol. The summed E-state index contributed by atoms with van der Waals surface area (Å²) >= 11 is 5.39. The third-order valence-electron chi connectivity index (χ3n) is 4.77. The van der Waals surface area contributed by atoms with Gasteiger partial charge in [-0.1, -0.05) is 36.4 Å². The van der Waals surface area contributed by atoms with Gasteiger partial charge in [0.25, 0.3) is 0 Å². The highest BCUT2D eigenvalue weighted by atomic mass is 32.1. The van der Waals surface area contributed by atoms with Gasteiger partial charge in [-0.05, 0) is 61.7 Å². The Morgan fingerprint density at radius 2 is 1.72 bits per heavy atom. The van der Waals surface area contributed by atoms with Gasteiger partial charge in [0.05, 0.1) is 13.1 Å². The van der Waals surface area contributed by atoms with E-state index in [0.29, 0.717) is 5.11 Å². The van der Waals surface area contributed by atoms with Gasteiger partial charge in [0.15, 0.2) is 5.11 Å². The average molecular weight is 355 g/mol. The zero-order valence-corrected chi connectivity index (χ0v) is 15.8. The highest BCUT2D eigenvalue weighted by Gasteiger charge is 2.13. The van der Waals surface area contributed by atoms with E-state index in [2.05, 4.69) is 54.0 Å². The molecule has 4 heteroatoms. The van der Waals surface area contributed by atoms with Crippen LogP contribution in [0.25, 0.3) is 0 Å². The molecule has 0 amide bonds. The second kappa shape index (κ2) is 8.97. The first-order chi connectivity index (χ1) is 12.2. The molecule has 0 atom stereocenters.